The fraction of sp³-hybridized carbons (Fsp3) is 0.222. The maximum Gasteiger partial charge on any atom is 0.573 e. The molecule has 1 aromatic rings. The molecule has 0 aliphatic carbocycles. The number of carbonyl (C=O) groups excluding carboxylic acids is 1. The van der Waals surface area contributed by atoms with Gasteiger partial charge in [-0.15, -0.1) is 13.2 Å². The smallest absolute Gasteiger partial charge is 0.404 e. The SMILES string of the molecule is O=NCC(=O)Nc1ccccc1OC(F)(F)F. The zero-order valence-corrected chi connectivity index (χ0v) is 8.32. The molecule has 0 saturated heterocycles. The van der Waals surface area contributed by atoms with Crippen LogP contribution >= 0.6 is 0 Å². The maximum absolute atomic E-state index is 12.0. The zero-order valence-electron chi connectivity index (χ0n) is 8.32. The van der Waals surface area contributed by atoms with Gasteiger partial charge < -0.3 is 10.1 Å². The molecule has 0 saturated carbocycles. The first-order valence-electron chi connectivity index (χ1n) is 4.36. The molecule has 1 N–H and O–H groups in total. The van der Waals surface area contributed by atoms with Crippen LogP contribution in [-0.4, -0.2) is 18.8 Å². The van der Waals surface area contributed by atoms with Crippen LogP contribution in [0.25, 0.3) is 0 Å². The molecule has 17 heavy (non-hydrogen) atoms. The third-order valence-electron chi connectivity index (χ3n) is 1.59. The Morgan fingerprint density at radius 3 is 2.59 bits per heavy atom. The van der Waals surface area contributed by atoms with Crippen LogP contribution < -0.4 is 10.1 Å². The molecule has 0 aliphatic rings. The second-order valence-electron chi connectivity index (χ2n) is 2.88. The summed E-state index contributed by atoms with van der Waals surface area (Å²) in [5.41, 5.74) is -0.182. The first kappa shape index (κ1) is 12.9. The Morgan fingerprint density at radius 2 is 2.00 bits per heavy atom. The van der Waals surface area contributed by atoms with Crippen molar-refractivity contribution in [3.8, 4) is 5.75 Å². The van der Waals surface area contributed by atoms with Crippen molar-refractivity contribution in [2.45, 2.75) is 6.36 Å². The lowest BCUT2D eigenvalue weighted by Crippen LogP contribution is -2.20. The van der Waals surface area contributed by atoms with Crippen LogP contribution in [0.4, 0.5) is 18.9 Å². The van der Waals surface area contributed by atoms with Crippen molar-refractivity contribution >= 4 is 11.6 Å². The van der Waals surface area contributed by atoms with Crippen molar-refractivity contribution in [1.29, 1.82) is 0 Å². The van der Waals surface area contributed by atoms with Gasteiger partial charge in [-0.05, 0) is 12.1 Å². The predicted octanol–water partition coefficient (Wildman–Crippen LogP) is 2.29. The number of anilines is 1. The Kier molecular flexibility index (Phi) is 4.02. The van der Waals surface area contributed by atoms with Gasteiger partial charge in [0, 0.05) is 0 Å². The molecular weight excluding hydrogens is 241 g/mol. The number of nitrogens with one attached hydrogen (secondary N) is 1. The van der Waals surface area contributed by atoms with Crippen LogP contribution in [0, 0.1) is 4.91 Å². The molecule has 1 rings (SSSR count). The Labute approximate surface area is 93.5 Å². The van der Waals surface area contributed by atoms with Gasteiger partial charge >= 0.3 is 6.36 Å². The summed E-state index contributed by atoms with van der Waals surface area (Å²) in [6.07, 6.45) is -4.86. The number of amides is 1. The average Bonchev–Trinajstić information content (AvgIpc) is 2.19. The number of nitroso groups, excluding NO2 is 1. The van der Waals surface area contributed by atoms with Crippen molar-refractivity contribution < 1.29 is 22.7 Å². The lowest BCUT2D eigenvalue weighted by Gasteiger charge is -2.13. The first-order valence-corrected chi connectivity index (χ1v) is 4.36. The minimum atomic E-state index is -4.86. The van der Waals surface area contributed by atoms with Gasteiger partial charge in [-0.3, -0.25) is 4.79 Å². The predicted molar refractivity (Wildman–Crippen MR) is 52.4 cm³/mol. The average molecular weight is 248 g/mol. The monoisotopic (exact) mass is 248 g/mol. The van der Waals surface area contributed by atoms with E-state index in [0.29, 0.717) is 0 Å². The van der Waals surface area contributed by atoms with E-state index in [2.05, 4.69) is 15.2 Å². The van der Waals surface area contributed by atoms with Gasteiger partial charge in [0.25, 0.3) is 0 Å². The van der Waals surface area contributed by atoms with E-state index in [4.69, 9.17) is 0 Å². The molecule has 0 heterocycles. The molecule has 1 aromatic carbocycles. The largest absolute Gasteiger partial charge is 0.573 e. The first-order chi connectivity index (χ1) is 7.92. The quantitative estimate of drug-likeness (QED) is 0.831. The third-order valence-corrected chi connectivity index (χ3v) is 1.59. The molecule has 1 amide bonds. The van der Waals surface area contributed by atoms with E-state index in [-0.39, 0.29) is 5.69 Å². The Morgan fingerprint density at radius 1 is 1.35 bits per heavy atom. The standard InChI is InChI=1S/C9H7F3N2O3/c10-9(11,12)17-7-4-2-1-3-6(7)14-8(15)5-13-16/h1-4H,5H2,(H,14,15). The number of nitrogens with zero attached hydrogens (tertiary/aromatic N) is 1. The van der Waals surface area contributed by atoms with E-state index in [1.165, 1.54) is 18.2 Å². The second-order valence-corrected chi connectivity index (χ2v) is 2.88. The highest BCUT2D eigenvalue weighted by Gasteiger charge is 2.32. The Bertz CT molecular complexity index is 420. The number of benzene rings is 1. The summed E-state index contributed by atoms with van der Waals surface area (Å²) in [7, 11) is 0. The van der Waals surface area contributed by atoms with E-state index in [9.17, 15) is 22.9 Å². The number of hydrogen-bond donors (Lipinski definition) is 1. The summed E-state index contributed by atoms with van der Waals surface area (Å²) in [5, 5.41) is 4.39. The number of rotatable bonds is 4. The molecular formula is C9H7F3N2O3. The Balaban J connectivity index is 2.84. The highest BCUT2D eigenvalue weighted by molar-refractivity contribution is 5.93. The summed E-state index contributed by atoms with van der Waals surface area (Å²) in [5.74, 6) is -1.38. The number of para-hydroxylation sites is 2. The van der Waals surface area contributed by atoms with Crippen LogP contribution in [0.3, 0.4) is 0 Å². The molecule has 92 valence electrons. The summed E-state index contributed by atoms with van der Waals surface area (Å²) < 4.78 is 39.7. The van der Waals surface area contributed by atoms with Crippen LogP contribution in [0.1, 0.15) is 0 Å². The van der Waals surface area contributed by atoms with Crippen molar-refractivity contribution in [2.75, 3.05) is 11.9 Å². The molecule has 0 atom stereocenters. The molecule has 8 heteroatoms. The fourth-order valence-corrected chi connectivity index (χ4v) is 1.03. The number of alkyl halides is 3. The normalized spacial score (nSPS) is 10.8. The summed E-state index contributed by atoms with van der Waals surface area (Å²) in [6, 6.07) is 4.98. The summed E-state index contributed by atoms with van der Waals surface area (Å²) in [4.78, 5) is 20.8. The molecule has 0 spiro atoms. The van der Waals surface area contributed by atoms with Crippen LogP contribution in [0.5, 0.6) is 5.75 Å². The summed E-state index contributed by atoms with van der Waals surface area (Å²) in [6.45, 7) is -0.680. The van der Waals surface area contributed by atoms with Crippen LogP contribution in [0.2, 0.25) is 0 Å². The van der Waals surface area contributed by atoms with Gasteiger partial charge in [0.05, 0.1) is 5.69 Å². The van der Waals surface area contributed by atoms with Crippen molar-refractivity contribution in [1.82, 2.24) is 0 Å². The Hall–Kier alpha value is -2.12. The highest BCUT2D eigenvalue weighted by atomic mass is 19.4. The van der Waals surface area contributed by atoms with Gasteiger partial charge in [-0.25, -0.2) is 0 Å². The third kappa shape index (κ3) is 4.49. The zero-order chi connectivity index (χ0) is 12.9. The van der Waals surface area contributed by atoms with Gasteiger partial charge in [-0.1, -0.05) is 17.3 Å². The van der Waals surface area contributed by atoms with Crippen molar-refractivity contribution in [3.63, 3.8) is 0 Å². The maximum atomic E-state index is 12.0. The summed E-state index contributed by atoms with van der Waals surface area (Å²) >= 11 is 0. The van der Waals surface area contributed by atoms with Crippen LogP contribution in [-0.2, 0) is 4.79 Å². The van der Waals surface area contributed by atoms with Gasteiger partial charge in [-0.2, -0.15) is 4.91 Å². The number of carbonyl (C=O) groups is 1. The lowest BCUT2D eigenvalue weighted by molar-refractivity contribution is -0.274. The number of halogens is 3. The van der Waals surface area contributed by atoms with Crippen LogP contribution in [0.15, 0.2) is 29.4 Å². The fourth-order valence-electron chi connectivity index (χ4n) is 1.03. The molecule has 0 aliphatic heterocycles. The topological polar surface area (TPSA) is 67.8 Å². The van der Waals surface area contributed by atoms with E-state index in [1.807, 2.05) is 0 Å². The number of ether oxygens (including phenoxy) is 1. The minimum Gasteiger partial charge on any atom is -0.404 e. The molecule has 0 radical (unpaired) electrons. The van der Waals surface area contributed by atoms with E-state index in [0.717, 1.165) is 6.07 Å². The van der Waals surface area contributed by atoms with Crippen molar-refractivity contribution in [3.05, 3.63) is 29.2 Å². The molecule has 5 nitrogen and oxygen atoms in total. The van der Waals surface area contributed by atoms with Gasteiger partial charge in [0.2, 0.25) is 5.91 Å². The highest BCUT2D eigenvalue weighted by Crippen LogP contribution is 2.29. The second kappa shape index (κ2) is 5.28. The molecule has 0 bridgehead atoms. The molecule has 0 unspecified atom stereocenters. The van der Waals surface area contributed by atoms with E-state index in [1.54, 1.807) is 0 Å². The van der Waals surface area contributed by atoms with Crippen molar-refractivity contribution in [2.24, 2.45) is 5.18 Å². The van der Waals surface area contributed by atoms with E-state index < -0.39 is 24.6 Å². The van der Waals surface area contributed by atoms with Gasteiger partial charge in [0.1, 0.15) is 0 Å². The lowest BCUT2D eigenvalue weighted by atomic mass is 10.3. The van der Waals surface area contributed by atoms with Gasteiger partial charge in [0.15, 0.2) is 12.3 Å². The van der Waals surface area contributed by atoms with E-state index >= 15 is 0 Å². The molecule has 0 aromatic heterocycles. The molecule has 0 fully saturated rings. The number of hydrogen-bond acceptors (Lipinski definition) is 4. The minimum absolute atomic E-state index is 0.182.